The van der Waals surface area contributed by atoms with Crippen molar-refractivity contribution in [3.8, 4) is 11.1 Å². The van der Waals surface area contributed by atoms with E-state index in [4.69, 9.17) is 20.8 Å². The predicted molar refractivity (Wildman–Crippen MR) is 191 cm³/mol. The smallest absolute Gasteiger partial charge is 0.337 e. The molecule has 2 aliphatic rings. The first kappa shape index (κ1) is 33.3. The number of aliphatic carboxylic acids is 1. The number of fused-ring (bicyclic) bond motifs is 4. The second-order valence-corrected chi connectivity index (χ2v) is 15.2. The van der Waals surface area contributed by atoms with E-state index < -0.39 is 17.7 Å². The number of furan rings is 1. The summed E-state index contributed by atoms with van der Waals surface area (Å²) >= 11 is 6.86. The van der Waals surface area contributed by atoms with E-state index >= 15 is 0 Å². The normalized spacial score (nSPS) is 17.0. The molecular weight excluding hydrogens is 642 g/mol. The molecule has 5 aromatic rings. The number of hydrogen-bond acceptors (Lipinski definition) is 9. The summed E-state index contributed by atoms with van der Waals surface area (Å²) in [5.74, 6) is -0.382. The molecule has 2 aromatic carbocycles. The van der Waals surface area contributed by atoms with Crippen molar-refractivity contribution in [3.63, 3.8) is 0 Å². The number of anilines is 2. The average Bonchev–Trinajstić information content (AvgIpc) is 3.45. The van der Waals surface area contributed by atoms with Gasteiger partial charge in [-0.2, -0.15) is 0 Å². The van der Waals surface area contributed by atoms with E-state index in [0.29, 0.717) is 54.3 Å². The molecule has 0 bridgehead atoms. The second kappa shape index (κ2) is 12.6. The monoisotopic (exact) mass is 683 g/mol. The van der Waals surface area contributed by atoms with Crippen molar-refractivity contribution in [2.45, 2.75) is 78.7 Å². The molecule has 256 valence electrons. The fourth-order valence-corrected chi connectivity index (χ4v) is 7.42. The quantitative estimate of drug-likeness (QED) is 0.165. The summed E-state index contributed by atoms with van der Waals surface area (Å²) in [5.41, 5.74) is 6.88. The summed E-state index contributed by atoms with van der Waals surface area (Å²) in [4.78, 5) is 31.0. The predicted octanol–water partition coefficient (Wildman–Crippen LogP) is 7.71. The van der Waals surface area contributed by atoms with Crippen LogP contribution in [0.25, 0.3) is 33.2 Å². The first-order chi connectivity index (χ1) is 23.3. The van der Waals surface area contributed by atoms with Gasteiger partial charge in [0.05, 0.1) is 29.2 Å². The molecule has 2 N–H and O–H groups in total. The van der Waals surface area contributed by atoms with E-state index in [0.717, 1.165) is 58.3 Å². The number of carboxylic acid groups (broad SMARTS) is 1. The van der Waals surface area contributed by atoms with Gasteiger partial charge in [-0.25, -0.2) is 19.7 Å². The summed E-state index contributed by atoms with van der Waals surface area (Å²) < 4.78 is 12.4. The number of ether oxygens (including phenoxy) is 1. The SMILES string of the molecule is CC1(C)CCN(c2c(-c3ccc4c(c3)CCN(c3ncnc5c3oc3ccccc35)C4)c(CO)nc(Cl)c2C(OC(C)(C)C)C(=O)O)CC1. The van der Waals surface area contributed by atoms with E-state index in [1.54, 1.807) is 6.33 Å². The summed E-state index contributed by atoms with van der Waals surface area (Å²) in [6, 6.07) is 14.2. The number of rotatable bonds is 7. The van der Waals surface area contributed by atoms with Crippen molar-refractivity contribution in [1.29, 1.82) is 0 Å². The van der Waals surface area contributed by atoms with Crippen LogP contribution in [0.15, 0.2) is 53.2 Å². The van der Waals surface area contributed by atoms with Gasteiger partial charge in [0.1, 0.15) is 22.6 Å². The van der Waals surface area contributed by atoms with Gasteiger partial charge in [-0.15, -0.1) is 0 Å². The van der Waals surface area contributed by atoms with E-state index in [-0.39, 0.29) is 17.2 Å². The molecule has 11 heteroatoms. The fraction of sp³-hybridized carbons (Fsp3) is 0.421. The van der Waals surface area contributed by atoms with Crippen LogP contribution in [0.5, 0.6) is 0 Å². The standard InChI is InChI=1S/C38H42ClN5O5/c1-37(2,3)49-32(36(46)47)29-31(43-16-13-38(4,5)14-17-43)28(26(20-45)42-34(29)39)23-10-11-24-19-44(15-12-22(24)18-23)35-33-30(40-21-41-35)25-8-6-7-9-27(25)48-33/h6-11,18,21,32,45H,12-17,19-20H2,1-5H3,(H,46,47). The van der Waals surface area contributed by atoms with Crippen molar-refractivity contribution < 1.29 is 24.2 Å². The number of carbonyl (C=O) groups is 1. The van der Waals surface area contributed by atoms with Gasteiger partial charge in [0.15, 0.2) is 17.5 Å². The number of piperidine rings is 1. The van der Waals surface area contributed by atoms with Crippen molar-refractivity contribution in [1.82, 2.24) is 15.0 Å². The van der Waals surface area contributed by atoms with Crippen molar-refractivity contribution in [2.75, 3.05) is 29.4 Å². The molecule has 3 aromatic heterocycles. The maximum Gasteiger partial charge on any atom is 0.337 e. The molecule has 0 spiro atoms. The van der Waals surface area contributed by atoms with Gasteiger partial charge < -0.3 is 29.2 Å². The molecule has 1 unspecified atom stereocenters. The summed E-state index contributed by atoms with van der Waals surface area (Å²) in [7, 11) is 0. The summed E-state index contributed by atoms with van der Waals surface area (Å²) in [6.45, 7) is 12.4. The number of para-hydroxylation sites is 1. The Bertz CT molecular complexity index is 2060. The molecule has 49 heavy (non-hydrogen) atoms. The molecular formula is C38H42ClN5O5. The minimum absolute atomic E-state index is 0.0274. The Morgan fingerprint density at radius 1 is 1.06 bits per heavy atom. The van der Waals surface area contributed by atoms with Crippen LogP contribution >= 0.6 is 11.6 Å². The number of hydrogen-bond donors (Lipinski definition) is 2. The lowest BCUT2D eigenvalue weighted by molar-refractivity contribution is -0.160. The number of aliphatic hydroxyl groups excluding tert-OH is 1. The number of carboxylic acids is 1. The highest BCUT2D eigenvalue weighted by Crippen LogP contribution is 2.47. The molecule has 0 saturated carbocycles. The van der Waals surface area contributed by atoms with Crippen LogP contribution in [0.3, 0.4) is 0 Å². The third-order valence-electron chi connectivity index (χ3n) is 9.72. The highest BCUT2D eigenvalue weighted by atomic mass is 35.5. The van der Waals surface area contributed by atoms with Gasteiger partial charge in [-0.3, -0.25) is 0 Å². The van der Waals surface area contributed by atoms with Gasteiger partial charge >= 0.3 is 5.97 Å². The Morgan fingerprint density at radius 2 is 1.82 bits per heavy atom. The lowest BCUT2D eigenvalue weighted by atomic mass is 9.82. The number of pyridine rings is 1. The third kappa shape index (κ3) is 6.33. The Hall–Kier alpha value is -4.25. The molecule has 10 nitrogen and oxygen atoms in total. The lowest BCUT2D eigenvalue weighted by Crippen LogP contribution is -2.39. The van der Waals surface area contributed by atoms with Crippen LogP contribution in [0.1, 0.15) is 75.9 Å². The molecule has 0 aliphatic carbocycles. The zero-order chi connectivity index (χ0) is 34.7. The third-order valence-corrected chi connectivity index (χ3v) is 10.0. The Morgan fingerprint density at radius 3 is 2.53 bits per heavy atom. The van der Waals surface area contributed by atoms with Crippen molar-refractivity contribution >= 4 is 51.1 Å². The number of halogens is 1. The highest BCUT2D eigenvalue weighted by molar-refractivity contribution is 6.31. The number of benzene rings is 2. The molecule has 1 saturated heterocycles. The molecule has 0 radical (unpaired) electrons. The molecule has 5 heterocycles. The minimum Gasteiger partial charge on any atom is -0.479 e. The van der Waals surface area contributed by atoms with Gasteiger partial charge in [0, 0.05) is 37.1 Å². The van der Waals surface area contributed by atoms with Crippen LogP contribution in [-0.2, 0) is 29.1 Å². The Kier molecular flexibility index (Phi) is 8.53. The topological polar surface area (TPSA) is 125 Å². The zero-order valence-corrected chi connectivity index (χ0v) is 29.3. The van der Waals surface area contributed by atoms with Crippen LogP contribution in [0.4, 0.5) is 11.5 Å². The number of aliphatic hydroxyl groups is 1. The molecule has 2 aliphatic heterocycles. The van der Waals surface area contributed by atoms with E-state index in [2.05, 4.69) is 50.7 Å². The van der Waals surface area contributed by atoms with Gasteiger partial charge in [0.2, 0.25) is 0 Å². The van der Waals surface area contributed by atoms with Gasteiger partial charge in [-0.1, -0.05) is 55.8 Å². The molecule has 1 fully saturated rings. The zero-order valence-electron chi connectivity index (χ0n) is 28.6. The van der Waals surface area contributed by atoms with Crippen LogP contribution in [0.2, 0.25) is 5.15 Å². The summed E-state index contributed by atoms with van der Waals surface area (Å²) in [6.07, 6.45) is 2.82. The molecule has 7 rings (SSSR count). The van der Waals surface area contributed by atoms with Crippen molar-refractivity contribution in [3.05, 3.63) is 76.3 Å². The van der Waals surface area contributed by atoms with E-state index in [1.807, 2.05) is 51.1 Å². The molecule has 0 amide bonds. The van der Waals surface area contributed by atoms with Gasteiger partial charge in [-0.05, 0) is 74.3 Å². The van der Waals surface area contributed by atoms with Crippen LogP contribution in [0, 0.1) is 5.41 Å². The average molecular weight is 684 g/mol. The lowest BCUT2D eigenvalue weighted by Gasteiger charge is -2.41. The second-order valence-electron chi connectivity index (χ2n) is 14.9. The number of aromatic nitrogens is 3. The van der Waals surface area contributed by atoms with Gasteiger partial charge in [0.25, 0.3) is 0 Å². The maximum absolute atomic E-state index is 12.8. The Balaban J connectivity index is 1.32. The summed E-state index contributed by atoms with van der Waals surface area (Å²) in [5, 5.41) is 22.1. The highest BCUT2D eigenvalue weighted by Gasteiger charge is 2.38. The number of nitrogens with zero attached hydrogens (tertiary/aromatic N) is 5. The minimum atomic E-state index is -1.36. The first-order valence-corrected chi connectivity index (χ1v) is 17.2. The van der Waals surface area contributed by atoms with E-state index in [9.17, 15) is 15.0 Å². The first-order valence-electron chi connectivity index (χ1n) is 16.8. The largest absolute Gasteiger partial charge is 0.479 e. The van der Waals surface area contributed by atoms with E-state index in [1.165, 1.54) is 0 Å². The van der Waals surface area contributed by atoms with Crippen LogP contribution < -0.4 is 9.80 Å². The Labute approximate surface area is 290 Å². The fourth-order valence-electron chi connectivity index (χ4n) is 7.13. The maximum atomic E-state index is 12.8. The van der Waals surface area contributed by atoms with Crippen LogP contribution in [-0.4, -0.2) is 56.4 Å². The van der Waals surface area contributed by atoms with Crippen molar-refractivity contribution in [2.24, 2.45) is 5.41 Å². The molecule has 1 atom stereocenters.